The van der Waals surface area contributed by atoms with E-state index in [1.165, 1.54) is 6.20 Å². The largest absolute Gasteiger partial charge is 0.379 e. The van der Waals surface area contributed by atoms with Gasteiger partial charge in [-0.15, -0.1) is 0 Å². The van der Waals surface area contributed by atoms with Crippen LogP contribution in [0, 0.1) is 0 Å². The van der Waals surface area contributed by atoms with Crippen molar-refractivity contribution in [1.82, 2.24) is 9.88 Å². The zero-order valence-electron chi connectivity index (χ0n) is 17.9. The molecule has 1 fully saturated rings. The molecular weight excluding hydrogens is 473 g/mol. The smallest absolute Gasteiger partial charge is 0.257 e. The highest BCUT2D eigenvalue weighted by Crippen LogP contribution is 2.20. The van der Waals surface area contributed by atoms with E-state index in [4.69, 9.17) is 27.9 Å². The van der Waals surface area contributed by atoms with Gasteiger partial charge in [-0.3, -0.25) is 14.5 Å². The maximum absolute atomic E-state index is 13.0. The Bertz CT molecular complexity index is 1130. The number of ether oxygens (including phenoxy) is 1. The van der Waals surface area contributed by atoms with E-state index in [1.807, 2.05) is 24.3 Å². The van der Waals surface area contributed by atoms with Crippen LogP contribution in [0.5, 0.6) is 0 Å². The molecule has 1 aromatic heterocycles. The summed E-state index contributed by atoms with van der Waals surface area (Å²) in [4.78, 5) is 32.2. The molecule has 4 rings (SSSR count). The Hall–Kier alpha value is -2.77. The topological polar surface area (TPSA) is 71.5 Å². The highest BCUT2D eigenvalue weighted by molar-refractivity contribution is 6.31. The molecule has 0 spiro atoms. The Kier molecular flexibility index (Phi) is 9.19. The minimum Gasteiger partial charge on any atom is -0.379 e. The Morgan fingerprint density at radius 3 is 2.35 bits per heavy atom. The fourth-order valence-electron chi connectivity index (χ4n) is 3.64. The summed E-state index contributed by atoms with van der Waals surface area (Å²) in [6.45, 7) is 4.16. The van der Waals surface area contributed by atoms with Crippen LogP contribution in [-0.4, -0.2) is 47.9 Å². The summed E-state index contributed by atoms with van der Waals surface area (Å²) >= 11 is 12.0. The normalized spacial score (nSPS) is 13.7. The number of Topliss-reactive ketones (excluding diaryl/α,β-unsaturated/α-hetero) is 1. The number of nitrogens with one attached hydrogen (secondary N) is 1. The number of carbonyl (C=O) groups is 2. The van der Waals surface area contributed by atoms with Crippen molar-refractivity contribution < 1.29 is 14.3 Å². The minimum atomic E-state index is -0.393. The number of amides is 1. The fraction of sp³-hybridized carbons (Fsp3) is 0.269. The van der Waals surface area contributed by atoms with Crippen LogP contribution in [0.3, 0.4) is 0 Å². The van der Waals surface area contributed by atoms with Crippen LogP contribution in [0.15, 0.2) is 60.8 Å². The molecule has 0 atom stereocenters. The molecule has 2 heterocycles. The second kappa shape index (κ2) is 12.1. The van der Waals surface area contributed by atoms with Crippen molar-refractivity contribution in [3.63, 3.8) is 0 Å². The predicted molar refractivity (Wildman–Crippen MR) is 136 cm³/mol. The lowest BCUT2D eigenvalue weighted by atomic mass is 9.97. The molecule has 1 amide bonds. The Labute approximate surface area is 209 Å². The fourth-order valence-corrected chi connectivity index (χ4v) is 3.92. The third kappa shape index (κ3) is 6.87. The molecule has 34 heavy (non-hydrogen) atoms. The van der Waals surface area contributed by atoms with Crippen LogP contribution in [-0.2, 0) is 17.7 Å². The highest BCUT2D eigenvalue weighted by Gasteiger charge is 2.17. The number of ketones is 1. The molecule has 3 aromatic rings. The van der Waals surface area contributed by atoms with Crippen LogP contribution in [0.1, 0.15) is 39.3 Å². The zero-order chi connectivity index (χ0) is 23.2. The number of hydrogen-bond acceptors (Lipinski definition) is 5. The first-order chi connectivity index (χ1) is 16.0. The molecule has 1 N–H and O–H groups in total. The summed E-state index contributed by atoms with van der Waals surface area (Å²) in [7, 11) is 0. The van der Waals surface area contributed by atoms with E-state index in [-0.39, 0.29) is 19.6 Å². The lowest BCUT2D eigenvalue weighted by Crippen LogP contribution is -2.35. The van der Waals surface area contributed by atoms with Crippen molar-refractivity contribution in [3.05, 3.63) is 93.1 Å². The molecule has 1 aliphatic heterocycles. The number of benzene rings is 2. The molecule has 178 valence electrons. The summed E-state index contributed by atoms with van der Waals surface area (Å²) < 4.78 is 5.38. The van der Waals surface area contributed by atoms with E-state index < -0.39 is 5.91 Å². The molecule has 1 saturated heterocycles. The Morgan fingerprint density at radius 1 is 0.971 bits per heavy atom. The van der Waals surface area contributed by atoms with Gasteiger partial charge in [0.2, 0.25) is 0 Å². The van der Waals surface area contributed by atoms with Gasteiger partial charge >= 0.3 is 0 Å². The van der Waals surface area contributed by atoms with Crippen LogP contribution in [0.2, 0.25) is 10.0 Å². The number of anilines is 1. The van der Waals surface area contributed by atoms with Crippen LogP contribution < -0.4 is 5.32 Å². The van der Waals surface area contributed by atoms with Crippen molar-refractivity contribution in [3.8, 4) is 0 Å². The van der Waals surface area contributed by atoms with Crippen molar-refractivity contribution in [2.45, 2.75) is 20.4 Å². The number of halogens is 2. The van der Waals surface area contributed by atoms with E-state index in [0.29, 0.717) is 32.6 Å². The first kappa shape index (κ1) is 25.8. The Morgan fingerprint density at radius 2 is 1.68 bits per heavy atom. The van der Waals surface area contributed by atoms with Crippen molar-refractivity contribution in [2.75, 3.05) is 31.6 Å². The number of hydrogen-bond donors (Lipinski definition) is 1. The molecule has 1 aliphatic rings. The first-order valence-electron chi connectivity index (χ1n) is 10.6. The quantitative estimate of drug-likeness (QED) is 0.432. The molecule has 0 radical (unpaired) electrons. The highest BCUT2D eigenvalue weighted by atomic mass is 35.5. The number of aromatic nitrogens is 1. The van der Waals surface area contributed by atoms with Crippen LogP contribution >= 0.6 is 23.2 Å². The van der Waals surface area contributed by atoms with Crippen LogP contribution in [0.4, 0.5) is 5.82 Å². The summed E-state index contributed by atoms with van der Waals surface area (Å²) in [5.74, 6) is -0.109. The van der Waals surface area contributed by atoms with Gasteiger partial charge in [0.05, 0.1) is 18.2 Å². The van der Waals surface area contributed by atoms with Gasteiger partial charge in [-0.25, -0.2) is 4.98 Å². The lowest BCUT2D eigenvalue weighted by Gasteiger charge is -2.26. The van der Waals surface area contributed by atoms with Gasteiger partial charge < -0.3 is 10.1 Å². The van der Waals surface area contributed by atoms with Crippen molar-refractivity contribution in [1.29, 1.82) is 0 Å². The third-order valence-corrected chi connectivity index (χ3v) is 5.88. The van der Waals surface area contributed by atoms with E-state index in [2.05, 4.69) is 15.2 Å². The van der Waals surface area contributed by atoms with E-state index >= 15 is 0 Å². The van der Waals surface area contributed by atoms with Crippen molar-refractivity contribution in [2.24, 2.45) is 0 Å². The SMILES string of the molecule is C.O=C(Cc1ccc(Cl)cc1C(=O)Nc1ccc(Cl)cn1)c1ccc(CN2CCOCC2)cc1. The maximum Gasteiger partial charge on any atom is 0.257 e. The summed E-state index contributed by atoms with van der Waals surface area (Å²) in [6.07, 6.45) is 1.53. The minimum absolute atomic E-state index is 0. The molecular formula is C26H27Cl2N3O3. The van der Waals surface area contributed by atoms with Gasteiger partial charge in [-0.2, -0.15) is 0 Å². The van der Waals surface area contributed by atoms with Gasteiger partial charge in [0, 0.05) is 48.4 Å². The van der Waals surface area contributed by atoms with Crippen LogP contribution in [0.25, 0.3) is 0 Å². The standard InChI is InChI=1S/C25H23Cl2N3O3.CH4/c26-20-6-5-19(22(14-20)25(32)29-24-8-7-21(27)15-28-24)13-23(31)18-3-1-17(2-4-18)16-30-9-11-33-12-10-30;/h1-8,14-15H,9-13,16H2,(H,28,29,32);1H4. The van der Waals surface area contributed by atoms with Gasteiger partial charge in [0.1, 0.15) is 5.82 Å². The molecule has 0 saturated carbocycles. The summed E-state index contributed by atoms with van der Waals surface area (Å²) in [5, 5.41) is 3.60. The molecule has 2 aromatic carbocycles. The second-order valence-corrected chi connectivity index (χ2v) is 8.68. The molecule has 6 nitrogen and oxygen atoms in total. The summed E-state index contributed by atoms with van der Waals surface area (Å²) in [6, 6.07) is 15.8. The van der Waals surface area contributed by atoms with Gasteiger partial charge in [0.15, 0.2) is 5.78 Å². The van der Waals surface area contributed by atoms with E-state index in [1.54, 1.807) is 30.3 Å². The van der Waals surface area contributed by atoms with Gasteiger partial charge in [-0.05, 0) is 35.4 Å². The lowest BCUT2D eigenvalue weighted by molar-refractivity contribution is 0.0342. The summed E-state index contributed by atoms with van der Waals surface area (Å²) in [5.41, 5.74) is 2.67. The maximum atomic E-state index is 13.0. The number of carbonyl (C=O) groups excluding carboxylic acids is 2. The van der Waals surface area contributed by atoms with Crippen molar-refractivity contribution >= 4 is 40.7 Å². The molecule has 0 bridgehead atoms. The molecule has 0 unspecified atom stereocenters. The predicted octanol–water partition coefficient (Wildman–Crippen LogP) is 5.53. The second-order valence-electron chi connectivity index (χ2n) is 7.80. The Balaban J connectivity index is 0.00000324. The third-order valence-electron chi connectivity index (χ3n) is 5.42. The first-order valence-corrected chi connectivity index (χ1v) is 11.4. The zero-order valence-corrected chi connectivity index (χ0v) is 19.4. The monoisotopic (exact) mass is 499 g/mol. The average molecular weight is 500 g/mol. The van der Waals surface area contributed by atoms with Gasteiger partial charge in [0.25, 0.3) is 5.91 Å². The number of nitrogens with zero attached hydrogens (tertiary/aromatic N) is 2. The van der Waals surface area contributed by atoms with E-state index in [0.717, 1.165) is 38.4 Å². The number of rotatable bonds is 7. The molecule has 8 heteroatoms. The number of morpholine rings is 1. The van der Waals surface area contributed by atoms with Gasteiger partial charge in [-0.1, -0.05) is 61.0 Å². The van der Waals surface area contributed by atoms with E-state index in [9.17, 15) is 9.59 Å². The molecule has 0 aliphatic carbocycles. The number of pyridine rings is 1. The average Bonchev–Trinajstić information content (AvgIpc) is 2.83.